The fraction of sp³-hybridized carbons (Fsp3) is 0.583. The minimum atomic E-state index is 0.268. The Morgan fingerprint density at radius 3 is 2.78 bits per heavy atom. The van der Waals surface area contributed by atoms with Crippen molar-refractivity contribution >= 4 is 23.3 Å². The quantitative estimate of drug-likeness (QED) is 0.810. The molecule has 1 aromatic rings. The maximum absolute atomic E-state index is 5.51. The molecule has 0 spiro atoms. The van der Waals surface area contributed by atoms with Crippen molar-refractivity contribution in [3.05, 3.63) is 17.5 Å². The normalized spacial score (nSPS) is 18.7. The molecule has 1 saturated heterocycles. The third-order valence-corrected chi connectivity index (χ3v) is 2.97. The molecule has 0 radical (unpaired) electrons. The smallest absolute Gasteiger partial charge is 0.229 e. The monoisotopic (exact) mass is 266 g/mol. The third kappa shape index (κ3) is 3.89. The Labute approximate surface area is 112 Å². The van der Waals surface area contributed by atoms with Gasteiger partial charge in [0.15, 0.2) is 5.11 Å². The second-order valence-electron chi connectivity index (χ2n) is 4.44. The van der Waals surface area contributed by atoms with Crippen molar-refractivity contribution < 1.29 is 4.74 Å². The Hall–Kier alpha value is -1.27. The van der Waals surface area contributed by atoms with Gasteiger partial charge < -0.3 is 15.4 Å². The fourth-order valence-electron chi connectivity index (χ4n) is 1.94. The van der Waals surface area contributed by atoms with E-state index < -0.39 is 0 Å². The lowest BCUT2D eigenvalue weighted by Gasteiger charge is -2.13. The summed E-state index contributed by atoms with van der Waals surface area (Å²) < 4.78 is 5.51. The zero-order chi connectivity index (χ0) is 13.0. The summed E-state index contributed by atoms with van der Waals surface area (Å²) in [7, 11) is 0. The predicted molar refractivity (Wildman–Crippen MR) is 74.7 cm³/mol. The number of ether oxygens (including phenoxy) is 1. The summed E-state index contributed by atoms with van der Waals surface area (Å²) in [4.78, 5) is 8.55. The Bertz CT molecular complexity index is 412. The van der Waals surface area contributed by atoms with Crippen LogP contribution in [0, 0.1) is 13.8 Å². The summed E-state index contributed by atoms with van der Waals surface area (Å²) in [5.41, 5.74) is 1.85. The second-order valence-corrected chi connectivity index (χ2v) is 4.85. The molecule has 1 atom stereocenters. The highest BCUT2D eigenvalue weighted by molar-refractivity contribution is 7.80. The summed E-state index contributed by atoms with van der Waals surface area (Å²) in [5, 5.41) is 6.65. The maximum atomic E-state index is 5.51. The van der Waals surface area contributed by atoms with Gasteiger partial charge in [0.05, 0.1) is 6.10 Å². The van der Waals surface area contributed by atoms with Crippen LogP contribution < -0.4 is 10.6 Å². The number of nitrogens with one attached hydrogen (secondary N) is 2. The van der Waals surface area contributed by atoms with Crippen molar-refractivity contribution in [2.75, 3.05) is 18.5 Å². The van der Waals surface area contributed by atoms with Gasteiger partial charge in [0.2, 0.25) is 5.95 Å². The molecule has 1 aliphatic rings. The third-order valence-electron chi connectivity index (χ3n) is 2.72. The first-order valence-electron chi connectivity index (χ1n) is 6.12. The van der Waals surface area contributed by atoms with Crippen molar-refractivity contribution in [3.63, 3.8) is 0 Å². The molecule has 0 bridgehead atoms. The predicted octanol–water partition coefficient (Wildman–Crippen LogP) is 1.56. The highest BCUT2D eigenvalue weighted by atomic mass is 32.1. The van der Waals surface area contributed by atoms with Gasteiger partial charge in [0, 0.05) is 24.5 Å². The molecule has 1 aliphatic heterocycles. The van der Waals surface area contributed by atoms with Crippen LogP contribution in [0.5, 0.6) is 0 Å². The molecule has 2 heterocycles. The van der Waals surface area contributed by atoms with Crippen molar-refractivity contribution in [2.45, 2.75) is 32.8 Å². The Morgan fingerprint density at radius 1 is 1.44 bits per heavy atom. The average molecular weight is 266 g/mol. The van der Waals surface area contributed by atoms with Crippen LogP contribution in [-0.2, 0) is 4.74 Å². The van der Waals surface area contributed by atoms with E-state index in [0.29, 0.717) is 11.1 Å². The Morgan fingerprint density at radius 2 is 2.17 bits per heavy atom. The van der Waals surface area contributed by atoms with E-state index in [1.54, 1.807) is 0 Å². The van der Waals surface area contributed by atoms with Crippen molar-refractivity contribution in [1.29, 1.82) is 0 Å². The molecule has 0 unspecified atom stereocenters. The van der Waals surface area contributed by atoms with Gasteiger partial charge in [-0.2, -0.15) is 0 Å². The topological polar surface area (TPSA) is 59.1 Å². The van der Waals surface area contributed by atoms with Crippen LogP contribution in [0.1, 0.15) is 24.2 Å². The Balaban J connectivity index is 1.82. The van der Waals surface area contributed by atoms with Crippen LogP contribution in [-0.4, -0.2) is 34.3 Å². The molecule has 0 aliphatic carbocycles. The van der Waals surface area contributed by atoms with E-state index >= 15 is 0 Å². The second kappa shape index (κ2) is 6.06. The number of hydrogen-bond acceptors (Lipinski definition) is 4. The Kier molecular flexibility index (Phi) is 4.43. The first kappa shape index (κ1) is 13.2. The van der Waals surface area contributed by atoms with E-state index in [9.17, 15) is 0 Å². The number of hydrogen-bond donors (Lipinski definition) is 2. The van der Waals surface area contributed by atoms with E-state index in [1.165, 1.54) is 0 Å². The average Bonchev–Trinajstić information content (AvgIpc) is 2.77. The molecule has 0 aromatic carbocycles. The van der Waals surface area contributed by atoms with Gasteiger partial charge in [-0.15, -0.1) is 0 Å². The molecule has 1 aromatic heterocycles. The SMILES string of the molecule is Cc1cc(C)nc(NC(=S)NC[C@H]2CCCO2)n1. The van der Waals surface area contributed by atoms with Crippen LogP contribution >= 0.6 is 12.2 Å². The van der Waals surface area contributed by atoms with Crippen LogP contribution in [0.25, 0.3) is 0 Å². The molecular formula is C12H18N4OS. The zero-order valence-electron chi connectivity index (χ0n) is 10.7. The lowest BCUT2D eigenvalue weighted by atomic mass is 10.2. The largest absolute Gasteiger partial charge is 0.376 e. The van der Waals surface area contributed by atoms with Gasteiger partial charge in [0.1, 0.15) is 0 Å². The number of thiocarbonyl (C=S) groups is 1. The van der Waals surface area contributed by atoms with Crippen molar-refractivity contribution in [1.82, 2.24) is 15.3 Å². The number of rotatable bonds is 3. The number of aryl methyl sites for hydroxylation is 2. The van der Waals surface area contributed by atoms with Gasteiger partial charge in [-0.05, 0) is 45.0 Å². The highest BCUT2D eigenvalue weighted by Crippen LogP contribution is 2.10. The number of nitrogens with zero attached hydrogens (tertiary/aromatic N) is 2. The van der Waals surface area contributed by atoms with Crippen LogP contribution in [0.4, 0.5) is 5.95 Å². The van der Waals surface area contributed by atoms with E-state index in [4.69, 9.17) is 17.0 Å². The van der Waals surface area contributed by atoms with E-state index in [-0.39, 0.29) is 6.10 Å². The van der Waals surface area contributed by atoms with E-state index in [1.807, 2.05) is 19.9 Å². The number of aromatic nitrogens is 2. The molecule has 6 heteroatoms. The summed E-state index contributed by atoms with van der Waals surface area (Å²) in [6.07, 6.45) is 2.49. The fourth-order valence-corrected chi connectivity index (χ4v) is 2.11. The molecule has 0 saturated carbocycles. The highest BCUT2D eigenvalue weighted by Gasteiger charge is 2.15. The van der Waals surface area contributed by atoms with Crippen molar-refractivity contribution in [3.8, 4) is 0 Å². The molecule has 2 N–H and O–H groups in total. The molecule has 5 nitrogen and oxygen atoms in total. The first-order valence-corrected chi connectivity index (χ1v) is 6.53. The number of anilines is 1. The molecule has 2 rings (SSSR count). The summed E-state index contributed by atoms with van der Waals surface area (Å²) in [6.45, 7) is 5.45. The zero-order valence-corrected chi connectivity index (χ0v) is 11.5. The lowest BCUT2D eigenvalue weighted by Crippen LogP contribution is -2.35. The molecule has 98 valence electrons. The van der Waals surface area contributed by atoms with E-state index in [0.717, 1.165) is 37.4 Å². The van der Waals surface area contributed by atoms with Gasteiger partial charge in [-0.25, -0.2) is 9.97 Å². The van der Waals surface area contributed by atoms with Crippen LogP contribution in [0.15, 0.2) is 6.07 Å². The minimum absolute atomic E-state index is 0.268. The molecule has 0 amide bonds. The summed E-state index contributed by atoms with van der Waals surface area (Å²) in [6, 6.07) is 1.92. The molecule has 1 fully saturated rings. The minimum Gasteiger partial charge on any atom is -0.376 e. The van der Waals surface area contributed by atoms with Gasteiger partial charge >= 0.3 is 0 Å². The van der Waals surface area contributed by atoms with Crippen molar-refractivity contribution in [2.24, 2.45) is 0 Å². The van der Waals surface area contributed by atoms with Gasteiger partial charge in [-0.1, -0.05) is 0 Å². The first-order chi connectivity index (χ1) is 8.63. The van der Waals surface area contributed by atoms with Crippen LogP contribution in [0.3, 0.4) is 0 Å². The molecular weight excluding hydrogens is 248 g/mol. The summed E-state index contributed by atoms with van der Waals surface area (Å²) in [5.74, 6) is 0.539. The lowest BCUT2D eigenvalue weighted by molar-refractivity contribution is 0.114. The van der Waals surface area contributed by atoms with Gasteiger partial charge in [-0.3, -0.25) is 0 Å². The maximum Gasteiger partial charge on any atom is 0.229 e. The van der Waals surface area contributed by atoms with Crippen LogP contribution in [0.2, 0.25) is 0 Å². The standard InChI is InChI=1S/C12H18N4OS/c1-8-6-9(2)15-11(14-8)16-12(18)13-7-10-4-3-5-17-10/h6,10H,3-5,7H2,1-2H3,(H2,13,14,15,16,18)/t10-/m1/s1. The van der Waals surface area contributed by atoms with E-state index in [2.05, 4.69) is 20.6 Å². The summed E-state index contributed by atoms with van der Waals surface area (Å²) >= 11 is 5.20. The van der Waals surface area contributed by atoms with Gasteiger partial charge in [0.25, 0.3) is 0 Å². The molecule has 18 heavy (non-hydrogen) atoms.